The zero-order valence-electron chi connectivity index (χ0n) is 10.5. The second kappa shape index (κ2) is 4.80. The Hall–Kier alpha value is -2.64. The van der Waals surface area contributed by atoms with Gasteiger partial charge in [-0.25, -0.2) is 0 Å². The number of carbonyl (C=O) groups is 1. The third kappa shape index (κ3) is 2.68. The molecule has 8 nitrogen and oxygen atoms in total. The van der Waals surface area contributed by atoms with E-state index in [1.165, 1.54) is 18.2 Å². The lowest BCUT2D eigenvalue weighted by molar-refractivity contribution is -0.384. The predicted molar refractivity (Wildman–Crippen MR) is 70.3 cm³/mol. The molecule has 2 aromatic rings. The van der Waals surface area contributed by atoms with Gasteiger partial charge in [-0.1, -0.05) is 0 Å². The van der Waals surface area contributed by atoms with E-state index in [2.05, 4.69) is 15.6 Å². The molecule has 3 rings (SSSR count). The minimum absolute atomic E-state index is 0.0520. The number of carbonyl (C=O) groups excluding carboxylic acids is 1. The third-order valence-electron chi connectivity index (χ3n) is 2.92. The first kappa shape index (κ1) is 12.4. The maximum atomic E-state index is 11.5. The molecule has 1 saturated carbocycles. The van der Waals surface area contributed by atoms with Gasteiger partial charge in [-0.3, -0.25) is 14.9 Å². The van der Waals surface area contributed by atoms with Gasteiger partial charge in [0.2, 0.25) is 5.91 Å². The molecule has 1 aliphatic carbocycles. The van der Waals surface area contributed by atoms with E-state index in [9.17, 15) is 14.9 Å². The van der Waals surface area contributed by atoms with E-state index in [0.717, 1.165) is 12.8 Å². The summed E-state index contributed by atoms with van der Waals surface area (Å²) in [6.45, 7) is 0.0609. The molecule has 1 aromatic carbocycles. The standard InChI is InChI=1S/C12H12N4O4/c17-11(14-7-1-2-7)6-13-12-15-9-5-8(16(18)19)3-4-10(9)20-12/h3-5,7H,1-2,6H2,(H,13,15)(H,14,17). The highest BCUT2D eigenvalue weighted by Crippen LogP contribution is 2.23. The Morgan fingerprint density at radius 1 is 1.50 bits per heavy atom. The average Bonchev–Trinajstić information content (AvgIpc) is 3.12. The number of amides is 1. The molecule has 0 atom stereocenters. The highest BCUT2D eigenvalue weighted by Gasteiger charge is 2.23. The van der Waals surface area contributed by atoms with E-state index in [1.807, 2.05) is 0 Å². The van der Waals surface area contributed by atoms with Crippen LogP contribution in [0.2, 0.25) is 0 Å². The summed E-state index contributed by atoms with van der Waals surface area (Å²) in [6.07, 6.45) is 2.05. The van der Waals surface area contributed by atoms with Gasteiger partial charge in [0, 0.05) is 18.2 Å². The number of oxazole rings is 1. The summed E-state index contributed by atoms with van der Waals surface area (Å²) < 4.78 is 5.35. The highest BCUT2D eigenvalue weighted by molar-refractivity contribution is 5.81. The number of hydrogen-bond acceptors (Lipinski definition) is 6. The van der Waals surface area contributed by atoms with E-state index < -0.39 is 4.92 Å². The molecule has 0 radical (unpaired) electrons. The summed E-state index contributed by atoms with van der Waals surface area (Å²) in [5.74, 6) is -0.124. The molecule has 1 aliphatic rings. The van der Waals surface area contributed by atoms with E-state index in [1.54, 1.807) is 0 Å². The summed E-state index contributed by atoms with van der Waals surface area (Å²) in [5.41, 5.74) is 0.758. The van der Waals surface area contributed by atoms with Crippen molar-refractivity contribution in [1.29, 1.82) is 0 Å². The first-order chi connectivity index (χ1) is 9.61. The van der Waals surface area contributed by atoms with Crippen LogP contribution in [-0.2, 0) is 4.79 Å². The zero-order valence-corrected chi connectivity index (χ0v) is 10.5. The number of nitro benzene ring substituents is 1. The first-order valence-corrected chi connectivity index (χ1v) is 6.20. The normalized spacial score (nSPS) is 14.2. The van der Waals surface area contributed by atoms with Crippen molar-refractivity contribution in [2.75, 3.05) is 11.9 Å². The van der Waals surface area contributed by atoms with Crippen LogP contribution < -0.4 is 10.6 Å². The van der Waals surface area contributed by atoms with Gasteiger partial charge in [0.15, 0.2) is 5.58 Å². The topological polar surface area (TPSA) is 110 Å². The van der Waals surface area contributed by atoms with Crippen molar-refractivity contribution in [1.82, 2.24) is 10.3 Å². The maximum absolute atomic E-state index is 11.5. The van der Waals surface area contributed by atoms with E-state index >= 15 is 0 Å². The molecular weight excluding hydrogens is 264 g/mol. The fraction of sp³-hybridized carbons (Fsp3) is 0.333. The van der Waals surface area contributed by atoms with Gasteiger partial charge in [-0.2, -0.15) is 4.98 Å². The number of aromatic nitrogens is 1. The van der Waals surface area contributed by atoms with Crippen molar-refractivity contribution in [2.45, 2.75) is 18.9 Å². The van der Waals surface area contributed by atoms with E-state index in [4.69, 9.17) is 4.42 Å². The number of fused-ring (bicyclic) bond motifs is 1. The van der Waals surface area contributed by atoms with Crippen molar-refractivity contribution < 1.29 is 14.1 Å². The van der Waals surface area contributed by atoms with Crippen molar-refractivity contribution in [3.8, 4) is 0 Å². The molecule has 1 heterocycles. The molecule has 20 heavy (non-hydrogen) atoms. The van der Waals surface area contributed by atoms with Gasteiger partial charge in [0.1, 0.15) is 5.52 Å². The van der Waals surface area contributed by atoms with Crippen molar-refractivity contribution in [3.05, 3.63) is 28.3 Å². The van der Waals surface area contributed by atoms with Crippen LogP contribution >= 0.6 is 0 Å². The lowest BCUT2D eigenvalue weighted by Gasteiger charge is -2.02. The molecule has 1 aromatic heterocycles. The fourth-order valence-electron chi connectivity index (χ4n) is 1.77. The Labute approximate surface area is 113 Å². The smallest absolute Gasteiger partial charge is 0.296 e. The number of benzene rings is 1. The molecule has 2 N–H and O–H groups in total. The largest absolute Gasteiger partial charge is 0.424 e. The number of hydrogen-bond donors (Lipinski definition) is 2. The zero-order chi connectivity index (χ0) is 14.1. The number of nitro groups is 1. The van der Waals surface area contributed by atoms with Crippen LogP contribution in [0.3, 0.4) is 0 Å². The molecule has 1 amide bonds. The Morgan fingerprint density at radius 3 is 3.00 bits per heavy atom. The molecule has 8 heteroatoms. The van der Waals surface area contributed by atoms with Crippen LogP contribution in [0.15, 0.2) is 22.6 Å². The molecule has 1 fully saturated rings. The molecular formula is C12H12N4O4. The minimum Gasteiger partial charge on any atom is -0.424 e. The second-order valence-corrected chi connectivity index (χ2v) is 4.62. The number of nitrogens with one attached hydrogen (secondary N) is 2. The molecule has 104 valence electrons. The number of rotatable bonds is 5. The van der Waals surface area contributed by atoms with Crippen LogP contribution in [0.5, 0.6) is 0 Å². The van der Waals surface area contributed by atoms with Crippen LogP contribution in [0, 0.1) is 10.1 Å². The van der Waals surface area contributed by atoms with Crippen LogP contribution in [0.4, 0.5) is 11.7 Å². The van der Waals surface area contributed by atoms with Gasteiger partial charge < -0.3 is 15.1 Å². The number of anilines is 1. The third-order valence-corrected chi connectivity index (χ3v) is 2.92. The summed E-state index contributed by atoms with van der Waals surface area (Å²) in [6, 6.07) is 4.63. The van der Waals surface area contributed by atoms with Crippen LogP contribution in [-0.4, -0.2) is 28.4 Å². The van der Waals surface area contributed by atoms with Crippen molar-refractivity contribution in [2.24, 2.45) is 0 Å². The second-order valence-electron chi connectivity index (χ2n) is 4.62. The highest BCUT2D eigenvalue weighted by atomic mass is 16.6. The van der Waals surface area contributed by atoms with Crippen LogP contribution in [0.1, 0.15) is 12.8 Å². The fourth-order valence-corrected chi connectivity index (χ4v) is 1.77. The Bertz CT molecular complexity index is 677. The van der Waals surface area contributed by atoms with Gasteiger partial charge in [0.05, 0.1) is 11.5 Å². The molecule has 0 unspecified atom stereocenters. The summed E-state index contributed by atoms with van der Waals surface area (Å²) in [5, 5.41) is 16.2. The molecule has 0 saturated heterocycles. The SMILES string of the molecule is O=C(CNc1nc2cc([N+](=O)[O-])ccc2o1)NC1CC1. The predicted octanol–water partition coefficient (Wildman–Crippen LogP) is 1.43. The molecule has 0 aliphatic heterocycles. The average molecular weight is 276 g/mol. The van der Waals surface area contributed by atoms with Gasteiger partial charge in [-0.15, -0.1) is 0 Å². The van der Waals surface area contributed by atoms with Gasteiger partial charge >= 0.3 is 0 Å². The molecule has 0 bridgehead atoms. The maximum Gasteiger partial charge on any atom is 0.296 e. The first-order valence-electron chi connectivity index (χ1n) is 6.20. The number of nitrogens with zero attached hydrogens (tertiary/aromatic N) is 2. The lowest BCUT2D eigenvalue weighted by atomic mass is 10.3. The van der Waals surface area contributed by atoms with E-state index in [-0.39, 0.29) is 24.2 Å². The lowest BCUT2D eigenvalue weighted by Crippen LogP contribution is -2.31. The Balaban J connectivity index is 1.68. The number of non-ortho nitro benzene ring substituents is 1. The van der Waals surface area contributed by atoms with E-state index in [0.29, 0.717) is 17.1 Å². The minimum atomic E-state index is -0.496. The summed E-state index contributed by atoms with van der Waals surface area (Å²) in [7, 11) is 0. The Kier molecular flexibility index (Phi) is 2.97. The van der Waals surface area contributed by atoms with Gasteiger partial charge in [0.25, 0.3) is 11.7 Å². The molecule has 0 spiro atoms. The monoisotopic (exact) mass is 276 g/mol. The quantitative estimate of drug-likeness (QED) is 0.631. The Morgan fingerprint density at radius 2 is 2.30 bits per heavy atom. The van der Waals surface area contributed by atoms with Crippen molar-refractivity contribution in [3.63, 3.8) is 0 Å². The van der Waals surface area contributed by atoms with Crippen molar-refractivity contribution >= 4 is 28.7 Å². The summed E-state index contributed by atoms with van der Waals surface area (Å²) >= 11 is 0. The summed E-state index contributed by atoms with van der Waals surface area (Å²) in [4.78, 5) is 25.7. The van der Waals surface area contributed by atoms with Crippen LogP contribution in [0.25, 0.3) is 11.1 Å². The van der Waals surface area contributed by atoms with Gasteiger partial charge in [-0.05, 0) is 18.9 Å².